The van der Waals surface area contributed by atoms with Gasteiger partial charge in [-0.05, 0) is 12.1 Å². The molecule has 0 spiro atoms. The van der Waals surface area contributed by atoms with Crippen LogP contribution in [0.25, 0.3) is 17.0 Å². The maximum atomic E-state index is 13.1. The van der Waals surface area contributed by atoms with Gasteiger partial charge in [0, 0.05) is 17.0 Å². The number of rotatable bonds is 3. The molecule has 1 aromatic heterocycles. The molecule has 24 heavy (non-hydrogen) atoms. The molecule has 3 nitrogen and oxygen atoms in total. The fourth-order valence-corrected chi connectivity index (χ4v) is 2.88. The van der Waals surface area contributed by atoms with Gasteiger partial charge in [0.25, 0.3) is 0 Å². The smallest absolute Gasteiger partial charge is 0.298 e. The minimum Gasteiger partial charge on any atom is -0.298 e. The predicted molar refractivity (Wildman–Crippen MR) is 85.4 cm³/mol. The summed E-state index contributed by atoms with van der Waals surface area (Å²) in [5, 5.41) is 4.08. The fourth-order valence-electron chi connectivity index (χ4n) is 2.56. The number of allylic oxidation sites excluding steroid dienone is 4. The number of hydrogen-bond acceptors (Lipinski definition) is 2. The first kappa shape index (κ1) is 16.5. The third-order valence-corrected chi connectivity index (χ3v) is 4.10. The Morgan fingerprint density at radius 1 is 1.25 bits per heavy atom. The van der Waals surface area contributed by atoms with E-state index in [0.29, 0.717) is 28.1 Å². The molecule has 124 valence electrons. The van der Waals surface area contributed by atoms with Gasteiger partial charge in [-0.25, -0.2) is 4.68 Å². The molecule has 0 saturated heterocycles. The second-order valence-electron chi connectivity index (χ2n) is 5.45. The molecule has 3 rings (SSSR count). The molecule has 0 fully saturated rings. The van der Waals surface area contributed by atoms with Crippen LogP contribution in [0.15, 0.2) is 47.5 Å². The van der Waals surface area contributed by atoms with Crippen LogP contribution < -0.4 is 0 Å². The average molecular weight is 353 g/mol. The van der Waals surface area contributed by atoms with E-state index in [1.807, 2.05) is 6.92 Å². The lowest BCUT2D eigenvalue weighted by atomic mass is 10.1. The van der Waals surface area contributed by atoms with Crippen molar-refractivity contribution in [3.05, 3.63) is 58.8 Å². The summed E-state index contributed by atoms with van der Waals surface area (Å²) in [6, 6.07) is 7.23. The zero-order valence-corrected chi connectivity index (χ0v) is 13.3. The van der Waals surface area contributed by atoms with Crippen LogP contribution in [0.4, 0.5) is 13.2 Å². The number of benzene rings is 1. The van der Waals surface area contributed by atoms with Gasteiger partial charge < -0.3 is 0 Å². The van der Waals surface area contributed by atoms with Gasteiger partial charge in [0.15, 0.2) is 5.69 Å². The highest BCUT2D eigenvalue weighted by Gasteiger charge is 2.36. The standard InChI is InChI=1S/C17H12ClF3N2O/c1-10-2-7-13(18)16(10)23-14(8-15(22-23)17(19,20)21)12-5-3-11(9-24)4-6-12/h2-10H,1H3. The quantitative estimate of drug-likeness (QED) is 0.729. The van der Waals surface area contributed by atoms with Crippen molar-refractivity contribution in [1.82, 2.24) is 9.78 Å². The number of halogens is 4. The molecule has 1 aromatic carbocycles. The predicted octanol–water partition coefficient (Wildman–Crippen LogP) is 4.99. The SMILES string of the molecule is CC1C=CC(Cl)=C1n1nc(C(F)(F)F)cc1-c1ccc(C=O)cc1. The van der Waals surface area contributed by atoms with Gasteiger partial charge in [0.1, 0.15) is 6.29 Å². The van der Waals surface area contributed by atoms with Crippen LogP contribution >= 0.6 is 11.6 Å². The number of carbonyl (C=O) groups excluding carboxylic acids is 1. The number of aldehydes is 1. The molecule has 0 N–H and O–H groups in total. The average Bonchev–Trinajstić information content (AvgIpc) is 3.11. The highest BCUT2D eigenvalue weighted by molar-refractivity contribution is 6.34. The van der Waals surface area contributed by atoms with Gasteiger partial charge in [-0.2, -0.15) is 18.3 Å². The van der Waals surface area contributed by atoms with Crippen molar-refractivity contribution >= 4 is 23.6 Å². The second kappa shape index (κ2) is 5.94. The van der Waals surface area contributed by atoms with Crippen LogP contribution in [-0.4, -0.2) is 16.1 Å². The van der Waals surface area contributed by atoms with Crippen LogP contribution in [0.5, 0.6) is 0 Å². The third kappa shape index (κ3) is 2.89. The van der Waals surface area contributed by atoms with E-state index in [-0.39, 0.29) is 11.6 Å². The van der Waals surface area contributed by atoms with Crippen molar-refractivity contribution < 1.29 is 18.0 Å². The summed E-state index contributed by atoms with van der Waals surface area (Å²) in [5.74, 6) is -0.161. The molecule has 1 unspecified atom stereocenters. The number of nitrogens with zero attached hydrogens (tertiary/aromatic N) is 2. The third-order valence-electron chi connectivity index (χ3n) is 3.78. The number of carbonyl (C=O) groups is 1. The monoisotopic (exact) mass is 352 g/mol. The van der Waals surface area contributed by atoms with E-state index >= 15 is 0 Å². The lowest BCUT2D eigenvalue weighted by Crippen LogP contribution is -2.10. The summed E-state index contributed by atoms with van der Waals surface area (Å²) in [7, 11) is 0. The van der Waals surface area contributed by atoms with Crippen LogP contribution in [0.3, 0.4) is 0 Å². The Hall–Kier alpha value is -2.34. The maximum Gasteiger partial charge on any atom is 0.435 e. The molecular weight excluding hydrogens is 341 g/mol. The summed E-state index contributed by atoms with van der Waals surface area (Å²) in [5.41, 5.74) is 0.715. The molecule has 0 aliphatic heterocycles. The van der Waals surface area contributed by atoms with E-state index in [0.717, 1.165) is 6.07 Å². The normalized spacial score (nSPS) is 17.6. The summed E-state index contributed by atoms with van der Waals surface area (Å²) in [6.45, 7) is 1.83. The van der Waals surface area contributed by atoms with Crippen LogP contribution in [0, 0.1) is 5.92 Å². The van der Waals surface area contributed by atoms with E-state index in [1.54, 1.807) is 36.4 Å². The molecule has 7 heteroatoms. The molecular formula is C17H12ClF3N2O. The van der Waals surface area contributed by atoms with Gasteiger partial charge in [-0.15, -0.1) is 0 Å². The second-order valence-corrected chi connectivity index (χ2v) is 5.85. The fraction of sp³-hybridized carbons (Fsp3) is 0.176. The highest BCUT2D eigenvalue weighted by Crippen LogP contribution is 2.38. The topological polar surface area (TPSA) is 34.9 Å². The van der Waals surface area contributed by atoms with E-state index < -0.39 is 11.9 Å². The molecule has 1 heterocycles. The summed E-state index contributed by atoms with van der Waals surface area (Å²) in [4.78, 5) is 10.8. The Labute approximate surface area is 141 Å². The number of hydrogen-bond donors (Lipinski definition) is 0. The lowest BCUT2D eigenvalue weighted by Gasteiger charge is -2.13. The van der Waals surface area contributed by atoms with Crippen molar-refractivity contribution in [2.24, 2.45) is 5.92 Å². The molecule has 0 saturated carbocycles. The van der Waals surface area contributed by atoms with Gasteiger partial charge in [0.05, 0.1) is 16.4 Å². The molecule has 0 bridgehead atoms. The number of aromatic nitrogens is 2. The minimum absolute atomic E-state index is 0.161. The Morgan fingerprint density at radius 2 is 1.92 bits per heavy atom. The largest absolute Gasteiger partial charge is 0.435 e. The highest BCUT2D eigenvalue weighted by atomic mass is 35.5. The Balaban J connectivity index is 2.18. The minimum atomic E-state index is -4.56. The summed E-state index contributed by atoms with van der Waals surface area (Å²) < 4.78 is 40.6. The first-order valence-electron chi connectivity index (χ1n) is 7.12. The summed E-state index contributed by atoms with van der Waals surface area (Å²) >= 11 is 6.14. The van der Waals surface area contributed by atoms with Gasteiger partial charge >= 0.3 is 6.18 Å². The Kier molecular flexibility index (Phi) is 4.09. The Morgan fingerprint density at radius 3 is 2.42 bits per heavy atom. The van der Waals surface area contributed by atoms with Crippen molar-refractivity contribution in [2.75, 3.05) is 0 Å². The van der Waals surface area contributed by atoms with Crippen molar-refractivity contribution in [2.45, 2.75) is 13.1 Å². The van der Waals surface area contributed by atoms with Gasteiger partial charge in [0.2, 0.25) is 0 Å². The Bertz CT molecular complexity index is 848. The van der Waals surface area contributed by atoms with Crippen molar-refractivity contribution in [1.29, 1.82) is 0 Å². The zero-order chi connectivity index (χ0) is 17.5. The van der Waals surface area contributed by atoms with E-state index in [2.05, 4.69) is 5.10 Å². The van der Waals surface area contributed by atoms with Crippen LogP contribution in [-0.2, 0) is 6.18 Å². The molecule has 1 aliphatic carbocycles. The van der Waals surface area contributed by atoms with E-state index in [1.165, 1.54) is 4.68 Å². The molecule has 2 aromatic rings. The molecule has 1 aliphatic rings. The van der Waals surface area contributed by atoms with Crippen LogP contribution in [0.2, 0.25) is 0 Å². The summed E-state index contributed by atoms with van der Waals surface area (Å²) in [6.07, 6.45) is -0.447. The van der Waals surface area contributed by atoms with Crippen LogP contribution in [0.1, 0.15) is 23.0 Å². The van der Waals surface area contributed by atoms with E-state index in [4.69, 9.17) is 11.6 Å². The molecule has 0 radical (unpaired) electrons. The first-order valence-corrected chi connectivity index (χ1v) is 7.50. The zero-order valence-electron chi connectivity index (χ0n) is 12.5. The maximum absolute atomic E-state index is 13.1. The van der Waals surface area contributed by atoms with E-state index in [9.17, 15) is 18.0 Å². The number of alkyl halides is 3. The van der Waals surface area contributed by atoms with Gasteiger partial charge in [-0.1, -0.05) is 48.9 Å². The van der Waals surface area contributed by atoms with Crippen molar-refractivity contribution in [3.8, 4) is 11.3 Å². The molecule has 0 amide bonds. The lowest BCUT2D eigenvalue weighted by molar-refractivity contribution is -0.141. The molecule has 1 atom stereocenters. The first-order chi connectivity index (χ1) is 11.3. The van der Waals surface area contributed by atoms with Gasteiger partial charge in [-0.3, -0.25) is 4.79 Å². The van der Waals surface area contributed by atoms with Crippen molar-refractivity contribution in [3.63, 3.8) is 0 Å².